The quantitative estimate of drug-likeness (QED) is 0.403. The molecule has 4 rings (SSSR count). The summed E-state index contributed by atoms with van der Waals surface area (Å²) in [4.78, 5) is 16.0. The molecule has 4 aromatic rings. The van der Waals surface area contributed by atoms with Crippen molar-refractivity contribution in [1.29, 1.82) is 0 Å². The van der Waals surface area contributed by atoms with Gasteiger partial charge in [-0.1, -0.05) is 42.5 Å². The van der Waals surface area contributed by atoms with Crippen LogP contribution in [0.4, 0.5) is 34.9 Å². The smallest absolute Gasteiger partial charge is 0.236 e. The predicted octanol–water partition coefficient (Wildman–Crippen LogP) is 6.05. The third-order valence-electron chi connectivity index (χ3n) is 4.95. The number of benzene rings is 3. The van der Waals surface area contributed by atoms with Crippen molar-refractivity contribution in [3.05, 3.63) is 89.5 Å². The topological polar surface area (TPSA) is 66.0 Å². The standard InChI is InChI=1S/C25H26N6/c1-17-9-7-12-20(15-17)26-23-28-24(27-21-13-8-10-18(2)16-21)30-25(29-23)31(4)22-14-6-5-11-19(22)3/h5-16H,1-4H3,(H2,26,27,28,29,30). The van der Waals surface area contributed by atoms with E-state index < -0.39 is 0 Å². The number of aromatic nitrogens is 3. The highest BCUT2D eigenvalue weighted by atomic mass is 15.3. The van der Waals surface area contributed by atoms with E-state index in [4.69, 9.17) is 0 Å². The minimum atomic E-state index is 0.478. The first-order valence-corrected chi connectivity index (χ1v) is 10.2. The molecule has 0 fully saturated rings. The lowest BCUT2D eigenvalue weighted by Gasteiger charge is -2.20. The molecule has 6 nitrogen and oxygen atoms in total. The highest BCUT2D eigenvalue weighted by molar-refractivity contribution is 5.65. The number of nitrogens with one attached hydrogen (secondary N) is 2. The molecular weight excluding hydrogens is 384 g/mol. The maximum Gasteiger partial charge on any atom is 0.236 e. The van der Waals surface area contributed by atoms with Crippen LogP contribution in [0.3, 0.4) is 0 Å². The average molecular weight is 411 g/mol. The molecule has 0 aliphatic carbocycles. The second-order valence-corrected chi connectivity index (χ2v) is 7.62. The van der Waals surface area contributed by atoms with Crippen molar-refractivity contribution in [3.63, 3.8) is 0 Å². The fourth-order valence-electron chi connectivity index (χ4n) is 3.38. The Morgan fingerprint density at radius 2 is 1.19 bits per heavy atom. The average Bonchev–Trinajstić information content (AvgIpc) is 2.73. The minimum Gasteiger partial charge on any atom is -0.324 e. The van der Waals surface area contributed by atoms with E-state index in [2.05, 4.69) is 82.8 Å². The molecule has 0 unspecified atom stereocenters. The SMILES string of the molecule is Cc1cccc(Nc2nc(Nc3cccc(C)c3)nc(N(C)c3ccccc3C)n2)c1. The van der Waals surface area contributed by atoms with Gasteiger partial charge in [-0.3, -0.25) is 0 Å². The predicted molar refractivity (Wildman–Crippen MR) is 128 cm³/mol. The Balaban J connectivity index is 1.73. The first kappa shape index (κ1) is 20.3. The molecule has 2 N–H and O–H groups in total. The Kier molecular flexibility index (Phi) is 5.80. The molecule has 156 valence electrons. The van der Waals surface area contributed by atoms with Crippen LogP contribution in [-0.4, -0.2) is 22.0 Å². The fraction of sp³-hybridized carbons (Fsp3) is 0.160. The summed E-state index contributed by atoms with van der Waals surface area (Å²) in [6.45, 7) is 6.19. The van der Waals surface area contributed by atoms with Crippen molar-refractivity contribution in [1.82, 2.24) is 15.0 Å². The molecule has 0 radical (unpaired) electrons. The molecule has 31 heavy (non-hydrogen) atoms. The van der Waals surface area contributed by atoms with Crippen LogP contribution in [0.1, 0.15) is 16.7 Å². The Morgan fingerprint density at radius 1 is 0.645 bits per heavy atom. The van der Waals surface area contributed by atoms with Crippen LogP contribution in [0, 0.1) is 20.8 Å². The second-order valence-electron chi connectivity index (χ2n) is 7.62. The maximum atomic E-state index is 4.69. The van der Waals surface area contributed by atoms with E-state index in [1.807, 2.05) is 48.3 Å². The van der Waals surface area contributed by atoms with Gasteiger partial charge in [0.2, 0.25) is 17.8 Å². The lowest BCUT2D eigenvalue weighted by atomic mass is 10.2. The van der Waals surface area contributed by atoms with Crippen molar-refractivity contribution in [3.8, 4) is 0 Å². The monoisotopic (exact) mass is 410 g/mol. The number of anilines is 6. The molecule has 6 heteroatoms. The van der Waals surface area contributed by atoms with Crippen molar-refractivity contribution in [2.24, 2.45) is 0 Å². The van der Waals surface area contributed by atoms with Crippen molar-refractivity contribution >= 4 is 34.9 Å². The summed E-state index contributed by atoms with van der Waals surface area (Å²) in [5.41, 5.74) is 6.36. The van der Waals surface area contributed by atoms with Gasteiger partial charge < -0.3 is 15.5 Å². The summed E-state index contributed by atoms with van der Waals surface area (Å²) in [6, 6.07) is 24.4. The van der Waals surface area contributed by atoms with Gasteiger partial charge in [-0.15, -0.1) is 0 Å². The largest absolute Gasteiger partial charge is 0.324 e. The van der Waals surface area contributed by atoms with Crippen molar-refractivity contribution in [2.75, 3.05) is 22.6 Å². The molecule has 0 saturated carbocycles. The molecular formula is C25H26N6. The third-order valence-corrected chi connectivity index (χ3v) is 4.95. The number of hydrogen-bond acceptors (Lipinski definition) is 6. The summed E-state index contributed by atoms with van der Waals surface area (Å²) in [5.74, 6) is 1.51. The summed E-state index contributed by atoms with van der Waals surface area (Å²) in [5, 5.41) is 6.63. The zero-order valence-corrected chi connectivity index (χ0v) is 18.2. The Morgan fingerprint density at radius 3 is 1.71 bits per heavy atom. The van der Waals surface area contributed by atoms with E-state index in [0.29, 0.717) is 17.8 Å². The van der Waals surface area contributed by atoms with Crippen LogP contribution in [0.25, 0.3) is 0 Å². The van der Waals surface area contributed by atoms with Crippen molar-refractivity contribution in [2.45, 2.75) is 20.8 Å². The Bertz CT molecular complexity index is 1140. The summed E-state index contributed by atoms with van der Waals surface area (Å²) in [7, 11) is 1.96. The van der Waals surface area contributed by atoms with Gasteiger partial charge >= 0.3 is 0 Å². The highest BCUT2D eigenvalue weighted by Crippen LogP contribution is 2.27. The lowest BCUT2D eigenvalue weighted by Crippen LogP contribution is -2.16. The summed E-state index contributed by atoms with van der Waals surface area (Å²) >= 11 is 0. The number of aryl methyl sites for hydroxylation is 3. The molecule has 0 spiro atoms. The van der Waals surface area contributed by atoms with Gasteiger partial charge in [-0.25, -0.2) is 0 Å². The van der Waals surface area contributed by atoms with E-state index in [1.54, 1.807) is 0 Å². The van der Waals surface area contributed by atoms with Gasteiger partial charge in [0, 0.05) is 24.1 Å². The molecule has 0 bridgehead atoms. The van der Waals surface area contributed by atoms with Crippen LogP contribution in [-0.2, 0) is 0 Å². The molecule has 3 aromatic carbocycles. The Labute approximate surface area is 183 Å². The van der Waals surface area contributed by atoms with Crippen molar-refractivity contribution < 1.29 is 0 Å². The third kappa shape index (κ3) is 4.98. The summed E-state index contributed by atoms with van der Waals surface area (Å²) < 4.78 is 0. The minimum absolute atomic E-state index is 0.478. The fourth-order valence-corrected chi connectivity index (χ4v) is 3.38. The van der Waals surface area contributed by atoms with Crippen LogP contribution in [0.5, 0.6) is 0 Å². The van der Waals surface area contributed by atoms with E-state index >= 15 is 0 Å². The van der Waals surface area contributed by atoms with Crippen LogP contribution in [0.2, 0.25) is 0 Å². The van der Waals surface area contributed by atoms with Gasteiger partial charge in [-0.05, 0) is 67.8 Å². The molecule has 0 aliphatic rings. The van der Waals surface area contributed by atoms with E-state index in [0.717, 1.165) is 33.8 Å². The zero-order valence-electron chi connectivity index (χ0n) is 18.2. The van der Waals surface area contributed by atoms with Crippen LogP contribution in [0.15, 0.2) is 72.8 Å². The van der Waals surface area contributed by atoms with E-state index in [1.165, 1.54) is 0 Å². The zero-order chi connectivity index (χ0) is 21.8. The van der Waals surface area contributed by atoms with Crippen LogP contribution >= 0.6 is 0 Å². The second kappa shape index (κ2) is 8.83. The molecule has 0 saturated heterocycles. The Hall–Kier alpha value is -3.93. The number of nitrogens with zero attached hydrogens (tertiary/aromatic N) is 4. The van der Waals surface area contributed by atoms with Gasteiger partial charge in [0.1, 0.15) is 0 Å². The molecule has 0 amide bonds. The highest BCUT2D eigenvalue weighted by Gasteiger charge is 2.14. The lowest BCUT2D eigenvalue weighted by molar-refractivity contribution is 0.992. The number of rotatable bonds is 6. The normalized spacial score (nSPS) is 10.6. The van der Waals surface area contributed by atoms with Gasteiger partial charge in [0.15, 0.2) is 0 Å². The molecule has 0 aliphatic heterocycles. The number of hydrogen-bond donors (Lipinski definition) is 2. The van der Waals surface area contributed by atoms with Gasteiger partial charge in [-0.2, -0.15) is 15.0 Å². The maximum absolute atomic E-state index is 4.69. The molecule has 1 heterocycles. The van der Waals surface area contributed by atoms with Gasteiger partial charge in [0.05, 0.1) is 0 Å². The first-order valence-electron chi connectivity index (χ1n) is 10.2. The van der Waals surface area contributed by atoms with E-state index in [9.17, 15) is 0 Å². The molecule has 0 atom stereocenters. The molecule has 1 aromatic heterocycles. The number of para-hydroxylation sites is 1. The van der Waals surface area contributed by atoms with Gasteiger partial charge in [0.25, 0.3) is 0 Å². The summed E-state index contributed by atoms with van der Waals surface area (Å²) in [6.07, 6.45) is 0. The first-order chi connectivity index (χ1) is 15.0. The van der Waals surface area contributed by atoms with E-state index in [-0.39, 0.29) is 0 Å². The van der Waals surface area contributed by atoms with Crippen LogP contribution < -0.4 is 15.5 Å².